The summed E-state index contributed by atoms with van der Waals surface area (Å²) in [6, 6.07) is 15.0. The maximum absolute atomic E-state index is 12.7. The molecule has 0 bridgehead atoms. The van der Waals surface area contributed by atoms with Gasteiger partial charge in [0.25, 0.3) is 5.91 Å². The Morgan fingerprint density at radius 2 is 1.67 bits per heavy atom. The lowest BCUT2D eigenvalue weighted by atomic mass is 10.1. The van der Waals surface area contributed by atoms with E-state index in [4.69, 9.17) is 0 Å². The van der Waals surface area contributed by atoms with E-state index in [0.717, 1.165) is 47.4 Å². The van der Waals surface area contributed by atoms with Crippen molar-refractivity contribution in [1.29, 1.82) is 0 Å². The highest BCUT2D eigenvalue weighted by Crippen LogP contribution is 2.23. The predicted molar refractivity (Wildman–Crippen MR) is 120 cm³/mol. The van der Waals surface area contributed by atoms with Crippen LogP contribution < -0.4 is 10.6 Å². The number of thioether (sulfide) groups is 1. The second-order valence-electron chi connectivity index (χ2n) is 7.44. The minimum absolute atomic E-state index is 0.137. The van der Waals surface area contributed by atoms with Crippen LogP contribution in [0.4, 0.5) is 5.69 Å². The molecule has 1 fully saturated rings. The zero-order valence-electron chi connectivity index (χ0n) is 16.9. The van der Waals surface area contributed by atoms with Gasteiger partial charge in [0.1, 0.15) is 5.03 Å². The smallest absolute Gasteiger partial charge is 0.253 e. The number of anilines is 1. The molecule has 154 valence electrons. The molecule has 4 rings (SSSR count). The summed E-state index contributed by atoms with van der Waals surface area (Å²) < 4.78 is 0. The van der Waals surface area contributed by atoms with E-state index in [2.05, 4.69) is 20.6 Å². The largest absolute Gasteiger partial charge is 0.349 e. The predicted octanol–water partition coefficient (Wildman–Crippen LogP) is 4.34. The van der Waals surface area contributed by atoms with Crippen LogP contribution in [0, 0.1) is 6.92 Å². The van der Waals surface area contributed by atoms with Crippen LogP contribution in [-0.4, -0.2) is 33.6 Å². The lowest BCUT2D eigenvalue weighted by Crippen LogP contribution is -2.33. The van der Waals surface area contributed by atoms with Crippen molar-refractivity contribution in [3.63, 3.8) is 0 Å². The molecule has 6 nitrogen and oxygen atoms in total. The molecule has 0 atom stereocenters. The van der Waals surface area contributed by atoms with Gasteiger partial charge in [0.15, 0.2) is 0 Å². The minimum atomic E-state index is -0.185. The first kappa shape index (κ1) is 20.3. The summed E-state index contributed by atoms with van der Waals surface area (Å²) in [7, 11) is 0. The molecular formula is C23H24N4O2S. The number of fused-ring (bicyclic) bond motifs is 1. The van der Waals surface area contributed by atoms with E-state index in [-0.39, 0.29) is 23.6 Å². The van der Waals surface area contributed by atoms with Crippen LogP contribution in [0.15, 0.2) is 53.6 Å². The molecule has 1 aliphatic carbocycles. The number of rotatable bonds is 6. The maximum Gasteiger partial charge on any atom is 0.253 e. The standard InChI is InChI=1S/C23H24N4O2S/c1-15-23(27-20-13-7-6-12-19(20)24-15)30-14-21(28)26-18-11-5-4-10-17(18)22(29)25-16-8-2-3-9-16/h4-7,10-13,16H,2-3,8-9,14H2,1H3,(H,25,29)(H,26,28). The summed E-state index contributed by atoms with van der Waals surface area (Å²) in [4.78, 5) is 34.4. The van der Waals surface area contributed by atoms with Crippen molar-refractivity contribution in [3.8, 4) is 0 Å². The molecule has 2 N–H and O–H groups in total. The van der Waals surface area contributed by atoms with E-state index < -0.39 is 0 Å². The van der Waals surface area contributed by atoms with Gasteiger partial charge < -0.3 is 10.6 Å². The van der Waals surface area contributed by atoms with Crippen LogP contribution >= 0.6 is 11.8 Å². The molecule has 1 saturated carbocycles. The molecule has 30 heavy (non-hydrogen) atoms. The first-order valence-corrected chi connectivity index (χ1v) is 11.1. The Hall–Kier alpha value is -2.93. The Bertz CT molecular complexity index is 1080. The topological polar surface area (TPSA) is 84.0 Å². The summed E-state index contributed by atoms with van der Waals surface area (Å²) in [5.41, 5.74) is 3.46. The van der Waals surface area contributed by atoms with Crippen molar-refractivity contribution in [2.75, 3.05) is 11.1 Å². The van der Waals surface area contributed by atoms with E-state index >= 15 is 0 Å². The number of amides is 2. The molecule has 2 aromatic carbocycles. The Morgan fingerprint density at radius 3 is 2.43 bits per heavy atom. The quantitative estimate of drug-likeness (QED) is 0.580. The zero-order valence-corrected chi connectivity index (χ0v) is 17.7. The summed E-state index contributed by atoms with van der Waals surface area (Å²) in [5.74, 6) is -0.135. The van der Waals surface area contributed by atoms with Gasteiger partial charge in [-0.05, 0) is 44.0 Å². The zero-order chi connectivity index (χ0) is 20.9. The molecule has 0 saturated heterocycles. The number of aryl methyl sites for hydroxylation is 1. The van der Waals surface area contributed by atoms with Crippen LogP contribution in [0.5, 0.6) is 0 Å². The van der Waals surface area contributed by atoms with Crippen LogP contribution in [0.3, 0.4) is 0 Å². The van der Waals surface area contributed by atoms with E-state index in [1.165, 1.54) is 11.8 Å². The minimum Gasteiger partial charge on any atom is -0.349 e. The molecule has 2 amide bonds. The highest BCUT2D eigenvalue weighted by molar-refractivity contribution is 8.00. The molecule has 0 radical (unpaired) electrons. The molecule has 7 heteroatoms. The third-order valence-electron chi connectivity index (χ3n) is 5.18. The normalized spacial score (nSPS) is 14.0. The van der Waals surface area contributed by atoms with Gasteiger partial charge in [-0.1, -0.05) is 48.9 Å². The van der Waals surface area contributed by atoms with E-state index in [1.54, 1.807) is 12.1 Å². The summed E-state index contributed by atoms with van der Waals surface area (Å²) >= 11 is 1.34. The van der Waals surface area contributed by atoms with Gasteiger partial charge in [-0.25, -0.2) is 9.97 Å². The second kappa shape index (κ2) is 9.26. The van der Waals surface area contributed by atoms with Crippen LogP contribution in [0.25, 0.3) is 11.0 Å². The third kappa shape index (κ3) is 4.79. The van der Waals surface area contributed by atoms with Gasteiger partial charge in [-0.15, -0.1) is 0 Å². The highest BCUT2D eigenvalue weighted by Gasteiger charge is 2.20. The van der Waals surface area contributed by atoms with Crippen molar-refractivity contribution in [1.82, 2.24) is 15.3 Å². The molecule has 0 aliphatic heterocycles. The van der Waals surface area contributed by atoms with Gasteiger partial charge in [0.05, 0.1) is 33.7 Å². The number of hydrogen-bond acceptors (Lipinski definition) is 5. The molecule has 0 spiro atoms. The van der Waals surface area contributed by atoms with Crippen molar-refractivity contribution >= 4 is 40.3 Å². The summed E-state index contributed by atoms with van der Waals surface area (Å²) in [6.45, 7) is 1.89. The maximum atomic E-state index is 12.7. The number of benzene rings is 2. The van der Waals surface area contributed by atoms with Crippen LogP contribution in [0.2, 0.25) is 0 Å². The average Bonchev–Trinajstić information content (AvgIpc) is 3.25. The summed E-state index contributed by atoms with van der Waals surface area (Å²) in [6.07, 6.45) is 4.33. The fourth-order valence-corrected chi connectivity index (χ4v) is 4.41. The van der Waals surface area contributed by atoms with Gasteiger partial charge in [-0.3, -0.25) is 9.59 Å². The lowest BCUT2D eigenvalue weighted by molar-refractivity contribution is -0.113. The summed E-state index contributed by atoms with van der Waals surface area (Å²) in [5, 5.41) is 6.68. The Kier molecular flexibility index (Phi) is 6.28. The number of nitrogens with one attached hydrogen (secondary N) is 2. The van der Waals surface area contributed by atoms with Crippen molar-refractivity contribution in [2.45, 2.75) is 43.7 Å². The highest BCUT2D eigenvalue weighted by atomic mass is 32.2. The second-order valence-corrected chi connectivity index (χ2v) is 8.40. The number of carbonyl (C=O) groups is 2. The van der Waals surface area contributed by atoms with Crippen LogP contribution in [-0.2, 0) is 4.79 Å². The number of nitrogens with zero attached hydrogens (tertiary/aromatic N) is 2. The molecule has 0 unspecified atom stereocenters. The number of aromatic nitrogens is 2. The molecule has 1 heterocycles. The number of hydrogen-bond donors (Lipinski definition) is 2. The number of para-hydroxylation sites is 3. The Balaban J connectivity index is 1.41. The average molecular weight is 421 g/mol. The van der Waals surface area contributed by atoms with Gasteiger partial charge >= 0.3 is 0 Å². The number of carbonyl (C=O) groups excluding carboxylic acids is 2. The molecule has 3 aromatic rings. The fraction of sp³-hybridized carbons (Fsp3) is 0.304. The van der Waals surface area contributed by atoms with Crippen molar-refractivity contribution in [2.24, 2.45) is 0 Å². The Morgan fingerprint density at radius 1 is 1.00 bits per heavy atom. The first-order valence-electron chi connectivity index (χ1n) is 10.2. The van der Waals surface area contributed by atoms with Gasteiger partial charge in [-0.2, -0.15) is 0 Å². The molecular weight excluding hydrogens is 396 g/mol. The van der Waals surface area contributed by atoms with E-state index in [0.29, 0.717) is 11.3 Å². The third-order valence-corrected chi connectivity index (χ3v) is 6.24. The molecule has 1 aromatic heterocycles. The Labute approximate surface area is 179 Å². The fourth-order valence-electron chi connectivity index (χ4n) is 3.65. The van der Waals surface area contributed by atoms with Crippen molar-refractivity contribution in [3.05, 3.63) is 59.8 Å². The first-order chi connectivity index (χ1) is 14.6. The monoisotopic (exact) mass is 420 g/mol. The van der Waals surface area contributed by atoms with Crippen molar-refractivity contribution < 1.29 is 9.59 Å². The molecule has 1 aliphatic rings. The SMILES string of the molecule is Cc1nc2ccccc2nc1SCC(=O)Nc1ccccc1C(=O)NC1CCCC1. The van der Waals surface area contributed by atoms with E-state index in [9.17, 15) is 9.59 Å². The van der Waals surface area contributed by atoms with Crippen LogP contribution in [0.1, 0.15) is 41.7 Å². The van der Waals surface area contributed by atoms with Gasteiger partial charge in [0.2, 0.25) is 5.91 Å². The van der Waals surface area contributed by atoms with E-state index in [1.807, 2.05) is 43.3 Å². The lowest BCUT2D eigenvalue weighted by Gasteiger charge is -2.15. The van der Waals surface area contributed by atoms with Gasteiger partial charge in [0, 0.05) is 6.04 Å².